The van der Waals surface area contributed by atoms with Crippen molar-refractivity contribution in [2.24, 2.45) is 7.05 Å². The largest absolute Gasteiger partial charge is 0.352 e. The predicted octanol–water partition coefficient (Wildman–Crippen LogP) is 4.62. The first-order valence-corrected chi connectivity index (χ1v) is 7.93. The molecule has 0 saturated carbocycles. The molecule has 2 aromatic carbocycles. The quantitative estimate of drug-likeness (QED) is 0.762. The lowest BCUT2D eigenvalue weighted by Gasteiger charge is -2.10. The van der Waals surface area contributed by atoms with Crippen molar-refractivity contribution in [3.05, 3.63) is 70.9 Å². The first-order chi connectivity index (χ1) is 11.0. The van der Waals surface area contributed by atoms with Crippen molar-refractivity contribution in [1.82, 2.24) is 9.55 Å². The molecular weight excluding hydrogens is 282 g/mol. The molecule has 0 bridgehead atoms. The fourth-order valence-corrected chi connectivity index (χ4v) is 2.63. The number of aryl methyl sites for hydroxylation is 3. The van der Waals surface area contributed by atoms with Crippen molar-refractivity contribution >= 4 is 5.95 Å². The molecule has 3 rings (SSSR count). The average Bonchev–Trinajstić information content (AvgIpc) is 2.90. The Hall–Kier alpha value is -2.55. The molecule has 118 valence electrons. The van der Waals surface area contributed by atoms with E-state index in [1.807, 2.05) is 6.20 Å². The minimum atomic E-state index is 0.775. The normalized spacial score (nSPS) is 10.8. The Labute approximate surface area is 138 Å². The molecule has 0 radical (unpaired) electrons. The van der Waals surface area contributed by atoms with Crippen LogP contribution in [0.2, 0.25) is 0 Å². The highest BCUT2D eigenvalue weighted by Gasteiger charge is 2.09. The van der Waals surface area contributed by atoms with Gasteiger partial charge in [0.25, 0.3) is 0 Å². The smallest absolute Gasteiger partial charge is 0.203 e. The Morgan fingerprint density at radius 3 is 2.39 bits per heavy atom. The van der Waals surface area contributed by atoms with Crippen molar-refractivity contribution < 1.29 is 0 Å². The summed E-state index contributed by atoms with van der Waals surface area (Å²) in [4.78, 5) is 4.53. The van der Waals surface area contributed by atoms with E-state index in [2.05, 4.69) is 85.2 Å². The molecule has 0 aliphatic heterocycles. The summed E-state index contributed by atoms with van der Waals surface area (Å²) >= 11 is 0. The van der Waals surface area contributed by atoms with Gasteiger partial charge in [-0.2, -0.15) is 0 Å². The van der Waals surface area contributed by atoms with Gasteiger partial charge < -0.3 is 9.88 Å². The molecule has 0 amide bonds. The van der Waals surface area contributed by atoms with Crippen molar-refractivity contribution in [1.29, 1.82) is 0 Å². The third-order valence-electron chi connectivity index (χ3n) is 4.36. The summed E-state index contributed by atoms with van der Waals surface area (Å²) in [5.41, 5.74) is 7.48. The second-order valence-corrected chi connectivity index (χ2v) is 6.16. The lowest BCUT2D eigenvalue weighted by molar-refractivity contribution is 0.906. The van der Waals surface area contributed by atoms with Crippen LogP contribution < -0.4 is 5.32 Å². The molecule has 1 N–H and O–H groups in total. The van der Waals surface area contributed by atoms with Crippen LogP contribution in [0.25, 0.3) is 11.3 Å². The summed E-state index contributed by atoms with van der Waals surface area (Å²) in [6.45, 7) is 7.16. The summed E-state index contributed by atoms with van der Waals surface area (Å²) < 4.78 is 2.11. The van der Waals surface area contributed by atoms with E-state index in [9.17, 15) is 0 Å². The molecule has 3 nitrogen and oxygen atoms in total. The third kappa shape index (κ3) is 3.29. The topological polar surface area (TPSA) is 29.9 Å². The number of benzene rings is 2. The fraction of sp³-hybridized carbons (Fsp3) is 0.250. The minimum Gasteiger partial charge on any atom is -0.352 e. The van der Waals surface area contributed by atoms with Gasteiger partial charge in [-0.25, -0.2) is 4.98 Å². The summed E-state index contributed by atoms with van der Waals surface area (Å²) in [6.07, 6.45) is 1.93. The molecule has 0 saturated heterocycles. The summed E-state index contributed by atoms with van der Waals surface area (Å²) in [5, 5.41) is 3.42. The molecule has 0 aliphatic rings. The highest BCUT2D eigenvalue weighted by Crippen LogP contribution is 2.24. The maximum absolute atomic E-state index is 4.53. The number of nitrogens with zero attached hydrogens (tertiary/aromatic N) is 2. The van der Waals surface area contributed by atoms with Crippen LogP contribution in [-0.2, 0) is 13.6 Å². The molecule has 0 spiro atoms. The van der Waals surface area contributed by atoms with Crippen LogP contribution in [0, 0.1) is 20.8 Å². The summed E-state index contributed by atoms with van der Waals surface area (Å²) in [7, 11) is 2.05. The maximum atomic E-state index is 4.53. The fourth-order valence-electron chi connectivity index (χ4n) is 2.63. The summed E-state index contributed by atoms with van der Waals surface area (Å²) in [6, 6.07) is 15.1. The van der Waals surface area contributed by atoms with Gasteiger partial charge in [0.1, 0.15) is 0 Å². The predicted molar refractivity (Wildman–Crippen MR) is 96.6 cm³/mol. The van der Waals surface area contributed by atoms with Crippen LogP contribution in [-0.4, -0.2) is 9.55 Å². The van der Waals surface area contributed by atoms with Crippen LogP contribution in [0.15, 0.2) is 48.7 Å². The van der Waals surface area contributed by atoms with Gasteiger partial charge in [0.2, 0.25) is 5.95 Å². The zero-order valence-corrected chi connectivity index (χ0v) is 14.2. The molecule has 3 aromatic rings. The van der Waals surface area contributed by atoms with Crippen LogP contribution in [0.1, 0.15) is 22.3 Å². The first-order valence-electron chi connectivity index (χ1n) is 7.93. The van der Waals surface area contributed by atoms with Gasteiger partial charge in [-0.05, 0) is 43.5 Å². The maximum Gasteiger partial charge on any atom is 0.203 e. The lowest BCUT2D eigenvalue weighted by atomic mass is 10.0. The molecule has 23 heavy (non-hydrogen) atoms. The minimum absolute atomic E-state index is 0.775. The summed E-state index contributed by atoms with van der Waals surface area (Å²) in [5.74, 6) is 0.888. The van der Waals surface area contributed by atoms with E-state index in [4.69, 9.17) is 0 Å². The number of hydrogen-bond donors (Lipinski definition) is 1. The van der Waals surface area contributed by atoms with E-state index in [-0.39, 0.29) is 0 Å². The Morgan fingerprint density at radius 2 is 1.70 bits per heavy atom. The molecule has 0 aliphatic carbocycles. The molecule has 0 atom stereocenters. The Kier molecular flexibility index (Phi) is 4.20. The van der Waals surface area contributed by atoms with Crippen LogP contribution >= 0.6 is 0 Å². The van der Waals surface area contributed by atoms with Gasteiger partial charge in [0.05, 0.1) is 11.9 Å². The zero-order valence-electron chi connectivity index (χ0n) is 14.2. The van der Waals surface area contributed by atoms with Crippen molar-refractivity contribution in [2.75, 3.05) is 5.32 Å². The zero-order chi connectivity index (χ0) is 16.4. The van der Waals surface area contributed by atoms with Gasteiger partial charge in [-0.3, -0.25) is 0 Å². The van der Waals surface area contributed by atoms with Gasteiger partial charge in [-0.15, -0.1) is 0 Å². The van der Waals surface area contributed by atoms with Gasteiger partial charge >= 0.3 is 0 Å². The van der Waals surface area contributed by atoms with E-state index in [0.29, 0.717) is 0 Å². The van der Waals surface area contributed by atoms with Gasteiger partial charge in [-0.1, -0.05) is 42.0 Å². The van der Waals surface area contributed by atoms with Crippen LogP contribution in [0.3, 0.4) is 0 Å². The number of imidazole rings is 1. The monoisotopic (exact) mass is 305 g/mol. The number of nitrogens with one attached hydrogen (secondary N) is 1. The highest BCUT2D eigenvalue weighted by molar-refractivity contribution is 5.63. The third-order valence-corrected chi connectivity index (χ3v) is 4.36. The number of rotatable bonds is 4. The number of aromatic nitrogens is 2. The van der Waals surface area contributed by atoms with E-state index in [1.54, 1.807) is 0 Å². The van der Waals surface area contributed by atoms with Gasteiger partial charge in [0.15, 0.2) is 0 Å². The van der Waals surface area contributed by atoms with E-state index < -0.39 is 0 Å². The second kappa shape index (κ2) is 6.29. The number of hydrogen-bond acceptors (Lipinski definition) is 2. The van der Waals surface area contributed by atoms with Crippen molar-refractivity contribution in [3.63, 3.8) is 0 Å². The Balaban J connectivity index is 1.78. The molecule has 3 heteroatoms. The molecule has 1 heterocycles. The van der Waals surface area contributed by atoms with Crippen LogP contribution in [0.5, 0.6) is 0 Å². The van der Waals surface area contributed by atoms with Crippen molar-refractivity contribution in [3.8, 4) is 11.3 Å². The Bertz CT molecular complexity index is 813. The average molecular weight is 305 g/mol. The molecule has 1 aromatic heterocycles. The van der Waals surface area contributed by atoms with E-state index >= 15 is 0 Å². The Morgan fingerprint density at radius 1 is 0.957 bits per heavy atom. The molecular formula is C20H23N3. The molecule has 0 unspecified atom stereocenters. The van der Waals surface area contributed by atoms with Gasteiger partial charge in [0, 0.05) is 19.2 Å². The second-order valence-electron chi connectivity index (χ2n) is 6.16. The molecule has 0 fully saturated rings. The SMILES string of the molecule is Cc1ccc(CNc2ncc(-c3ccc(C)c(C)c3)n2C)cc1. The standard InChI is InChI=1S/C20H23N3/c1-14-5-8-17(9-6-14)12-21-20-22-13-19(23(20)4)18-10-7-15(2)16(3)11-18/h5-11,13H,12H2,1-4H3,(H,21,22). The van der Waals surface area contributed by atoms with E-state index in [1.165, 1.54) is 27.8 Å². The highest BCUT2D eigenvalue weighted by atomic mass is 15.2. The lowest BCUT2D eigenvalue weighted by Crippen LogP contribution is -2.05. The number of anilines is 1. The van der Waals surface area contributed by atoms with Crippen molar-refractivity contribution in [2.45, 2.75) is 27.3 Å². The van der Waals surface area contributed by atoms with E-state index in [0.717, 1.165) is 18.2 Å². The van der Waals surface area contributed by atoms with Crippen LogP contribution in [0.4, 0.5) is 5.95 Å². The first kappa shape index (κ1) is 15.3.